The van der Waals surface area contributed by atoms with Gasteiger partial charge in [0.05, 0.1) is 0 Å². The maximum absolute atomic E-state index is 3.42. The van der Waals surface area contributed by atoms with Crippen molar-refractivity contribution in [3.8, 4) is 0 Å². The van der Waals surface area contributed by atoms with Gasteiger partial charge in [0.25, 0.3) is 0 Å². The summed E-state index contributed by atoms with van der Waals surface area (Å²) in [5, 5.41) is 3.42. The minimum absolute atomic E-state index is 0.811. The molecule has 0 radical (unpaired) electrons. The zero-order valence-corrected chi connectivity index (χ0v) is 10.7. The van der Waals surface area contributed by atoms with Crippen molar-refractivity contribution in [2.24, 2.45) is 0 Å². The fourth-order valence-electron chi connectivity index (χ4n) is 2.87. The molecule has 2 aliphatic rings. The van der Waals surface area contributed by atoms with Crippen LogP contribution < -0.4 is 5.32 Å². The number of nitrogens with one attached hydrogen (secondary N) is 1. The molecule has 0 amide bonds. The summed E-state index contributed by atoms with van der Waals surface area (Å²) < 4.78 is 0. The molecule has 16 heavy (non-hydrogen) atoms. The molecule has 2 heterocycles. The lowest BCUT2D eigenvalue weighted by Gasteiger charge is -2.32. The molecule has 0 bridgehead atoms. The van der Waals surface area contributed by atoms with Crippen LogP contribution in [0.1, 0.15) is 32.6 Å². The fraction of sp³-hybridized carbons (Fsp3) is 1.00. The smallest absolute Gasteiger partial charge is 0.0112 e. The van der Waals surface area contributed by atoms with E-state index in [1.165, 1.54) is 71.5 Å². The van der Waals surface area contributed by atoms with Crippen LogP contribution >= 0.6 is 0 Å². The predicted molar refractivity (Wildman–Crippen MR) is 68.8 cm³/mol. The van der Waals surface area contributed by atoms with Crippen LogP contribution in [0.15, 0.2) is 0 Å². The average molecular weight is 225 g/mol. The second-order valence-electron chi connectivity index (χ2n) is 5.33. The van der Waals surface area contributed by atoms with Crippen LogP contribution in [0, 0.1) is 0 Å². The molecule has 3 nitrogen and oxygen atoms in total. The van der Waals surface area contributed by atoms with Crippen LogP contribution in [0.2, 0.25) is 0 Å². The van der Waals surface area contributed by atoms with E-state index in [4.69, 9.17) is 0 Å². The standard InChI is InChI=1S/C13H27N3/c1-13-5-3-2-4-8-16(13)12-11-15-9-6-14-7-10-15/h13-14H,2-12H2,1H3. The second kappa shape index (κ2) is 6.58. The van der Waals surface area contributed by atoms with Crippen LogP contribution in [0.25, 0.3) is 0 Å². The third kappa shape index (κ3) is 3.72. The van der Waals surface area contributed by atoms with E-state index in [1.807, 2.05) is 0 Å². The van der Waals surface area contributed by atoms with Gasteiger partial charge in [0, 0.05) is 45.3 Å². The zero-order chi connectivity index (χ0) is 11.2. The highest BCUT2D eigenvalue weighted by Crippen LogP contribution is 2.15. The van der Waals surface area contributed by atoms with Gasteiger partial charge in [-0.05, 0) is 26.3 Å². The molecule has 0 aromatic rings. The number of likely N-dealkylation sites (tertiary alicyclic amines) is 1. The number of piperazine rings is 1. The lowest BCUT2D eigenvalue weighted by atomic mass is 10.1. The van der Waals surface area contributed by atoms with Gasteiger partial charge in [0.1, 0.15) is 0 Å². The summed E-state index contributed by atoms with van der Waals surface area (Å²) in [6.45, 7) is 11.1. The molecule has 94 valence electrons. The molecule has 0 aromatic carbocycles. The first-order chi connectivity index (χ1) is 7.86. The summed E-state index contributed by atoms with van der Waals surface area (Å²) in [6.07, 6.45) is 5.69. The lowest BCUT2D eigenvalue weighted by molar-refractivity contribution is 0.161. The molecule has 0 aromatic heterocycles. The lowest BCUT2D eigenvalue weighted by Crippen LogP contribution is -2.47. The van der Waals surface area contributed by atoms with E-state index >= 15 is 0 Å². The van der Waals surface area contributed by atoms with E-state index in [-0.39, 0.29) is 0 Å². The molecule has 1 unspecified atom stereocenters. The van der Waals surface area contributed by atoms with Crippen LogP contribution in [-0.4, -0.2) is 61.7 Å². The first-order valence-electron chi connectivity index (χ1n) is 7.03. The molecule has 2 fully saturated rings. The van der Waals surface area contributed by atoms with E-state index < -0.39 is 0 Å². The van der Waals surface area contributed by atoms with Gasteiger partial charge in [-0.25, -0.2) is 0 Å². The largest absolute Gasteiger partial charge is 0.314 e. The third-order valence-electron chi connectivity index (χ3n) is 4.10. The van der Waals surface area contributed by atoms with Crippen molar-refractivity contribution in [1.82, 2.24) is 15.1 Å². The van der Waals surface area contributed by atoms with Crippen molar-refractivity contribution in [2.45, 2.75) is 38.6 Å². The monoisotopic (exact) mass is 225 g/mol. The Morgan fingerprint density at radius 1 is 1.00 bits per heavy atom. The van der Waals surface area contributed by atoms with Crippen LogP contribution in [0.5, 0.6) is 0 Å². The van der Waals surface area contributed by atoms with Crippen molar-refractivity contribution < 1.29 is 0 Å². The first kappa shape index (κ1) is 12.3. The normalized spacial score (nSPS) is 30.2. The Hall–Kier alpha value is -0.120. The highest BCUT2D eigenvalue weighted by Gasteiger charge is 2.17. The van der Waals surface area contributed by atoms with Crippen molar-refractivity contribution in [3.05, 3.63) is 0 Å². The van der Waals surface area contributed by atoms with Crippen molar-refractivity contribution in [3.63, 3.8) is 0 Å². The van der Waals surface area contributed by atoms with Crippen LogP contribution in [-0.2, 0) is 0 Å². The minimum Gasteiger partial charge on any atom is -0.314 e. The van der Waals surface area contributed by atoms with Gasteiger partial charge in [0.15, 0.2) is 0 Å². The Morgan fingerprint density at radius 3 is 2.62 bits per heavy atom. The van der Waals surface area contributed by atoms with Crippen LogP contribution in [0.4, 0.5) is 0 Å². The molecule has 2 saturated heterocycles. The number of hydrogen-bond acceptors (Lipinski definition) is 3. The van der Waals surface area contributed by atoms with E-state index in [0.717, 1.165) is 6.04 Å². The number of hydrogen-bond donors (Lipinski definition) is 1. The van der Waals surface area contributed by atoms with Gasteiger partial charge in [-0.1, -0.05) is 12.8 Å². The van der Waals surface area contributed by atoms with E-state index in [0.29, 0.717) is 0 Å². The van der Waals surface area contributed by atoms with Gasteiger partial charge >= 0.3 is 0 Å². The molecule has 0 aliphatic carbocycles. The maximum atomic E-state index is 3.42. The Labute approximate surface area is 100 Å². The Morgan fingerprint density at radius 2 is 1.81 bits per heavy atom. The minimum atomic E-state index is 0.811. The summed E-state index contributed by atoms with van der Waals surface area (Å²) in [6, 6.07) is 0.811. The number of nitrogens with zero attached hydrogens (tertiary/aromatic N) is 2. The Balaban J connectivity index is 1.70. The average Bonchev–Trinajstić information content (AvgIpc) is 2.53. The fourth-order valence-corrected chi connectivity index (χ4v) is 2.87. The molecule has 2 rings (SSSR count). The Bertz CT molecular complexity index is 190. The summed E-state index contributed by atoms with van der Waals surface area (Å²) in [5.41, 5.74) is 0. The SMILES string of the molecule is CC1CCCCCN1CCN1CCNCC1. The summed E-state index contributed by atoms with van der Waals surface area (Å²) in [4.78, 5) is 5.31. The van der Waals surface area contributed by atoms with Gasteiger partial charge < -0.3 is 5.32 Å². The Kier molecular flexibility index (Phi) is 5.07. The number of rotatable bonds is 3. The summed E-state index contributed by atoms with van der Waals surface area (Å²) in [5.74, 6) is 0. The molecule has 1 atom stereocenters. The molecule has 0 saturated carbocycles. The van der Waals surface area contributed by atoms with Crippen LogP contribution in [0.3, 0.4) is 0 Å². The van der Waals surface area contributed by atoms with Gasteiger partial charge in [-0.3, -0.25) is 9.80 Å². The molecule has 0 spiro atoms. The predicted octanol–water partition coefficient (Wildman–Crippen LogP) is 1.16. The quantitative estimate of drug-likeness (QED) is 0.777. The van der Waals surface area contributed by atoms with E-state index in [1.54, 1.807) is 0 Å². The van der Waals surface area contributed by atoms with Gasteiger partial charge in [-0.2, -0.15) is 0 Å². The summed E-state index contributed by atoms with van der Waals surface area (Å²) >= 11 is 0. The van der Waals surface area contributed by atoms with Crippen molar-refractivity contribution in [2.75, 3.05) is 45.8 Å². The maximum Gasteiger partial charge on any atom is 0.0112 e. The zero-order valence-electron chi connectivity index (χ0n) is 10.7. The molecule has 2 aliphatic heterocycles. The van der Waals surface area contributed by atoms with E-state index in [2.05, 4.69) is 22.0 Å². The second-order valence-corrected chi connectivity index (χ2v) is 5.33. The van der Waals surface area contributed by atoms with Crippen molar-refractivity contribution in [1.29, 1.82) is 0 Å². The van der Waals surface area contributed by atoms with Gasteiger partial charge in [-0.15, -0.1) is 0 Å². The van der Waals surface area contributed by atoms with E-state index in [9.17, 15) is 0 Å². The molecular formula is C13H27N3. The third-order valence-corrected chi connectivity index (χ3v) is 4.10. The topological polar surface area (TPSA) is 18.5 Å². The van der Waals surface area contributed by atoms with Gasteiger partial charge in [0.2, 0.25) is 0 Å². The van der Waals surface area contributed by atoms with Crippen molar-refractivity contribution >= 4 is 0 Å². The first-order valence-corrected chi connectivity index (χ1v) is 7.03. The molecule has 1 N–H and O–H groups in total. The summed E-state index contributed by atoms with van der Waals surface area (Å²) in [7, 11) is 0. The molecule has 3 heteroatoms. The highest BCUT2D eigenvalue weighted by atomic mass is 15.2. The molecular weight excluding hydrogens is 198 g/mol. The highest BCUT2D eigenvalue weighted by molar-refractivity contribution is 4.74.